The molecule has 2 aromatic carbocycles. The molecule has 0 radical (unpaired) electrons. The molecule has 2 aromatic rings. The molecule has 0 fully saturated rings. The van der Waals surface area contributed by atoms with Crippen molar-refractivity contribution in [1.29, 1.82) is 0 Å². The summed E-state index contributed by atoms with van der Waals surface area (Å²) in [4.78, 5) is 26.4. The minimum absolute atomic E-state index is 0.0852. The van der Waals surface area contributed by atoms with Crippen LogP contribution in [0, 0.1) is 12.7 Å². The Morgan fingerprint density at radius 3 is 2.46 bits per heavy atom. The maximum Gasteiger partial charge on any atom is 0.256 e. The number of amides is 2. The molecule has 0 spiro atoms. The molecular weight excluding hydrogens is 307 g/mol. The summed E-state index contributed by atoms with van der Waals surface area (Å²) < 4.78 is 13.4. The van der Waals surface area contributed by atoms with Crippen molar-refractivity contribution in [2.45, 2.75) is 20.8 Å². The van der Waals surface area contributed by atoms with Crippen LogP contribution in [0.1, 0.15) is 40.1 Å². The van der Waals surface area contributed by atoms with Crippen LogP contribution in [0.3, 0.4) is 0 Å². The third-order valence-electron chi connectivity index (χ3n) is 3.86. The fourth-order valence-electron chi connectivity index (χ4n) is 2.46. The smallest absolute Gasteiger partial charge is 0.256 e. The number of carbonyl (C=O) groups is 2. The third-order valence-corrected chi connectivity index (χ3v) is 3.86. The monoisotopic (exact) mass is 328 g/mol. The van der Waals surface area contributed by atoms with Crippen LogP contribution in [-0.2, 0) is 0 Å². The summed E-state index contributed by atoms with van der Waals surface area (Å²) in [6.07, 6.45) is 0. The fourth-order valence-corrected chi connectivity index (χ4v) is 2.46. The van der Waals surface area contributed by atoms with Gasteiger partial charge in [-0.3, -0.25) is 9.59 Å². The van der Waals surface area contributed by atoms with Gasteiger partial charge in [-0.25, -0.2) is 4.39 Å². The van der Waals surface area contributed by atoms with Gasteiger partial charge in [0.2, 0.25) is 0 Å². The van der Waals surface area contributed by atoms with Crippen LogP contribution in [0.25, 0.3) is 0 Å². The lowest BCUT2D eigenvalue weighted by molar-refractivity contribution is 0.0772. The van der Waals surface area contributed by atoms with Gasteiger partial charge in [-0.1, -0.05) is 12.1 Å². The number of hydrogen-bond acceptors (Lipinski definition) is 2. The number of hydrogen-bond donors (Lipinski definition) is 1. The van der Waals surface area contributed by atoms with Crippen LogP contribution in [0.4, 0.5) is 10.1 Å². The van der Waals surface area contributed by atoms with E-state index in [1.54, 1.807) is 42.2 Å². The van der Waals surface area contributed by atoms with Crippen molar-refractivity contribution in [3.63, 3.8) is 0 Å². The molecule has 1 N–H and O–H groups in total. The summed E-state index contributed by atoms with van der Waals surface area (Å²) >= 11 is 0. The topological polar surface area (TPSA) is 49.4 Å². The average Bonchev–Trinajstić information content (AvgIpc) is 2.58. The zero-order valence-corrected chi connectivity index (χ0v) is 14.1. The summed E-state index contributed by atoms with van der Waals surface area (Å²) in [6, 6.07) is 10.8. The van der Waals surface area contributed by atoms with E-state index in [9.17, 15) is 14.0 Å². The first-order valence-electron chi connectivity index (χ1n) is 7.93. The van der Waals surface area contributed by atoms with E-state index < -0.39 is 11.7 Å². The Morgan fingerprint density at radius 2 is 1.79 bits per heavy atom. The number of nitrogens with one attached hydrogen (secondary N) is 1. The van der Waals surface area contributed by atoms with Crippen LogP contribution in [0.5, 0.6) is 0 Å². The summed E-state index contributed by atoms with van der Waals surface area (Å²) in [5.74, 6) is -0.950. The van der Waals surface area contributed by atoms with Crippen molar-refractivity contribution in [2.75, 3.05) is 18.4 Å². The highest BCUT2D eigenvalue weighted by Gasteiger charge is 2.14. The molecule has 126 valence electrons. The Hall–Kier alpha value is -2.69. The second-order valence-corrected chi connectivity index (χ2v) is 5.47. The summed E-state index contributed by atoms with van der Waals surface area (Å²) in [7, 11) is 0. The minimum Gasteiger partial charge on any atom is -0.339 e. The van der Waals surface area contributed by atoms with Gasteiger partial charge in [-0.2, -0.15) is 0 Å². The van der Waals surface area contributed by atoms with Crippen molar-refractivity contribution in [2.24, 2.45) is 0 Å². The quantitative estimate of drug-likeness (QED) is 0.906. The standard InChI is InChI=1S/C19H21FN2O2/c1-4-22(5-2)19(24)14-7-6-8-16(11-14)21-18(23)17-12-15(20)10-9-13(17)3/h6-12H,4-5H2,1-3H3,(H,21,23). The zero-order chi connectivity index (χ0) is 17.7. The van der Waals surface area contributed by atoms with E-state index >= 15 is 0 Å². The SMILES string of the molecule is CCN(CC)C(=O)c1cccc(NC(=O)c2cc(F)ccc2C)c1. The molecule has 0 saturated carbocycles. The fraction of sp³-hybridized carbons (Fsp3) is 0.263. The summed E-state index contributed by atoms with van der Waals surface area (Å²) in [6.45, 7) is 6.82. The molecule has 5 heteroatoms. The highest BCUT2D eigenvalue weighted by Crippen LogP contribution is 2.16. The van der Waals surface area contributed by atoms with E-state index in [1.165, 1.54) is 12.1 Å². The highest BCUT2D eigenvalue weighted by atomic mass is 19.1. The molecule has 0 aliphatic heterocycles. The van der Waals surface area contributed by atoms with Crippen LogP contribution >= 0.6 is 0 Å². The van der Waals surface area contributed by atoms with Crippen LogP contribution in [0.2, 0.25) is 0 Å². The van der Waals surface area contributed by atoms with Crippen molar-refractivity contribution < 1.29 is 14.0 Å². The number of anilines is 1. The second kappa shape index (κ2) is 7.73. The first-order valence-corrected chi connectivity index (χ1v) is 7.93. The first-order chi connectivity index (χ1) is 11.5. The van der Waals surface area contributed by atoms with Crippen molar-refractivity contribution in [3.05, 3.63) is 65.0 Å². The van der Waals surface area contributed by atoms with Gasteiger partial charge in [0, 0.05) is 29.9 Å². The van der Waals surface area contributed by atoms with E-state index in [1.807, 2.05) is 13.8 Å². The molecule has 0 aromatic heterocycles. The van der Waals surface area contributed by atoms with Crippen LogP contribution < -0.4 is 5.32 Å². The lowest BCUT2D eigenvalue weighted by Crippen LogP contribution is -2.30. The number of rotatable bonds is 5. The van der Waals surface area contributed by atoms with Gasteiger partial charge in [-0.15, -0.1) is 0 Å². The second-order valence-electron chi connectivity index (χ2n) is 5.47. The summed E-state index contributed by atoms with van der Waals surface area (Å²) in [5.41, 5.74) is 1.97. The molecule has 0 unspecified atom stereocenters. The van der Waals surface area contributed by atoms with Gasteiger partial charge >= 0.3 is 0 Å². The van der Waals surface area contributed by atoms with Gasteiger partial charge in [-0.05, 0) is 56.7 Å². The maximum absolute atomic E-state index is 13.4. The van der Waals surface area contributed by atoms with Crippen LogP contribution in [-0.4, -0.2) is 29.8 Å². The molecular formula is C19H21FN2O2. The number of benzene rings is 2. The van der Waals surface area contributed by atoms with Crippen molar-refractivity contribution in [1.82, 2.24) is 4.90 Å². The number of nitrogens with zero attached hydrogens (tertiary/aromatic N) is 1. The largest absolute Gasteiger partial charge is 0.339 e. The van der Waals surface area contributed by atoms with Crippen molar-refractivity contribution >= 4 is 17.5 Å². The molecule has 0 atom stereocenters. The van der Waals surface area contributed by atoms with E-state index in [0.717, 1.165) is 0 Å². The van der Waals surface area contributed by atoms with Crippen molar-refractivity contribution in [3.8, 4) is 0 Å². The van der Waals surface area contributed by atoms with Gasteiger partial charge in [0.15, 0.2) is 0 Å². The molecule has 24 heavy (non-hydrogen) atoms. The minimum atomic E-state index is -0.462. The Bertz CT molecular complexity index is 755. The van der Waals surface area contributed by atoms with E-state index in [-0.39, 0.29) is 11.5 Å². The molecule has 4 nitrogen and oxygen atoms in total. The highest BCUT2D eigenvalue weighted by molar-refractivity contribution is 6.06. The molecule has 0 heterocycles. The van der Waals surface area contributed by atoms with E-state index in [4.69, 9.17) is 0 Å². The predicted octanol–water partition coefficient (Wildman–Crippen LogP) is 3.87. The average molecular weight is 328 g/mol. The first kappa shape index (κ1) is 17.7. The van der Waals surface area contributed by atoms with Crippen LogP contribution in [0.15, 0.2) is 42.5 Å². The lowest BCUT2D eigenvalue weighted by Gasteiger charge is -2.19. The lowest BCUT2D eigenvalue weighted by atomic mass is 10.1. The third kappa shape index (κ3) is 3.98. The van der Waals surface area contributed by atoms with Gasteiger partial charge in [0.05, 0.1) is 0 Å². The zero-order valence-electron chi connectivity index (χ0n) is 14.1. The normalized spacial score (nSPS) is 10.3. The van der Waals surface area contributed by atoms with Gasteiger partial charge in [0.1, 0.15) is 5.82 Å². The van der Waals surface area contributed by atoms with E-state index in [0.29, 0.717) is 29.9 Å². The van der Waals surface area contributed by atoms with Gasteiger partial charge in [0.25, 0.3) is 11.8 Å². The number of carbonyl (C=O) groups excluding carboxylic acids is 2. The molecule has 0 saturated heterocycles. The molecule has 0 bridgehead atoms. The molecule has 0 aliphatic rings. The Kier molecular flexibility index (Phi) is 5.68. The molecule has 2 amide bonds. The Labute approximate surface area is 141 Å². The predicted molar refractivity (Wildman–Crippen MR) is 92.8 cm³/mol. The summed E-state index contributed by atoms with van der Waals surface area (Å²) in [5, 5.41) is 2.72. The molecule has 0 aliphatic carbocycles. The van der Waals surface area contributed by atoms with E-state index in [2.05, 4.69) is 5.32 Å². The Morgan fingerprint density at radius 1 is 1.08 bits per heavy atom. The number of aryl methyl sites for hydroxylation is 1. The van der Waals surface area contributed by atoms with Gasteiger partial charge < -0.3 is 10.2 Å². The molecule has 2 rings (SSSR count). The Balaban J connectivity index is 2.22. The maximum atomic E-state index is 13.4. The number of halogens is 1.